The van der Waals surface area contributed by atoms with E-state index in [1.54, 1.807) is 18.2 Å². The van der Waals surface area contributed by atoms with Crippen LogP contribution >= 0.6 is 11.6 Å². The lowest BCUT2D eigenvalue weighted by atomic mass is 10.0. The first-order valence-electron chi connectivity index (χ1n) is 5.37. The van der Waals surface area contributed by atoms with Crippen LogP contribution in [0.25, 0.3) is 0 Å². The van der Waals surface area contributed by atoms with E-state index in [-0.39, 0.29) is 16.1 Å². The van der Waals surface area contributed by atoms with E-state index in [0.29, 0.717) is 12.4 Å². The zero-order chi connectivity index (χ0) is 13.1. The van der Waals surface area contributed by atoms with E-state index >= 15 is 0 Å². The normalized spacial score (nSPS) is 14.1. The first-order chi connectivity index (χ1) is 7.85. The largest absolute Gasteiger partial charge is 0.492 e. The standard InChI is InChI=1S/C12H17ClN2O2/c1-3-12(2,15)7-17-8-4-5-9(11(14)16)10(13)6-8/h4-6H,3,7,15H2,1-2H3,(H2,14,16). The summed E-state index contributed by atoms with van der Waals surface area (Å²) in [5.74, 6) is 0.0175. The number of primary amides is 1. The average molecular weight is 257 g/mol. The first-order valence-corrected chi connectivity index (χ1v) is 5.74. The minimum Gasteiger partial charge on any atom is -0.492 e. The molecule has 0 spiro atoms. The summed E-state index contributed by atoms with van der Waals surface area (Å²) in [5.41, 5.74) is 11.0. The maximum absolute atomic E-state index is 11.0. The lowest BCUT2D eigenvalue weighted by molar-refractivity contribution is 0.100. The highest BCUT2D eigenvalue weighted by Gasteiger charge is 2.17. The molecule has 5 heteroatoms. The number of carbonyl (C=O) groups is 1. The molecule has 4 N–H and O–H groups in total. The molecule has 17 heavy (non-hydrogen) atoms. The van der Waals surface area contributed by atoms with Gasteiger partial charge in [0.05, 0.1) is 10.6 Å². The van der Waals surface area contributed by atoms with Gasteiger partial charge in [-0.05, 0) is 31.5 Å². The molecule has 0 saturated carbocycles. The Morgan fingerprint density at radius 3 is 2.65 bits per heavy atom. The fourth-order valence-corrected chi connectivity index (χ4v) is 1.40. The summed E-state index contributed by atoms with van der Waals surface area (Å²) in [6, 6.07) is 4.75. The van der Waals surface area contributed by atoms with Gasteiger partial charge < -0.3 is 16.2 Å². The molecule has 0 aliphatic rings. The van der Waals surface area contributed by atoms with Crippen molar-refractivity contribution in [3.05, 3.63) is 28.8 Å². The summed E-state index contributed by atoms with van der Waals surface area (Å²) in [6.07, 6.45) is 0.806. The van der Waals surface area contributed by atoms with Crippen LogP contribution in [0.1, 0.15) is 30.6 Å². The summed E-state index contributed by atoms with van der Waals surface area (Å²) >= 11 is 5.90. The molecule has 4 nitrogen and oxygen atoms in total. The van der Waals surface area contributed by atoms with Gasteiger partial charge in [0.1, 0.15) is 12.4 Å². The molecular formula is C12H17ClN2O2. The number of amides is 1. The zero-order valence-electron chi connectivity index (χ0n) is 10.00. The van der Waals surface area contributed by atoms with Crippen LogP contribution in [0.4, 0.5) is 0 Å². The molecule has 0 saturated heterocycles. The molecule has 0 radical (unpaired) electrons. The molecule has 1 atom stereocenters. The van der Waals surface area contributed by atoms with Crippen molar-refractivity contribution in [3.63, 3.8) is 0 Å². The van der Waals surface area contributed by atoms with Crippen LogP contribution in [0.2, 0.25) is 5.02 Å². The Hall–Kier alpha value is -1.26. The number of halogens is 1. The Morgan fingerprint density at radius 2 is 2.18 bits per heavy atom. The van der Waals surface area contributed by atoms with Crippen molar-refractivity contribution in [2.75, 3.05) is 6.61 Å². The van der Waals surface area contributed by atoms with Crippen molar-refractivity contribution in [2.24, 2.45) is 11.5 Å². The van der Waals surface area contributed by atoms with Crippen LogP contribution in [0.5, 0.6) is 5.75 Å². The Labute approximate surface area is 106 Å². The van der Waals surface area contributed by atoms with Crippen molar-refractivity contribution in [3.8, 4) is 5.75 Å². The van der Waals surface area contributed by atoms with Gasteiger partial charge in [0.2, 0.25) is 5.91 Å². The average Bonchev–Trinajstić information content (AvgIpc) is 2.26. The maximum Gasteiger partial charge on any atom is 0.250 e. The summed E-state index contributed by atoms with van der Waals surface area (Å²) in [6.45, 7) is 4.29. The van der Waals surface area contributed by atoms with Crippen LogP contribution < -0.4 is 16.2 Å². The van der Waals surface area contributed by atoms with Crippen LogP contribution in [0.15, 0.2) is 18.2 Å². The summed E-state index contributed by atoms with van der Waals surface area (Å²) in [5, 5.41) is 0.283. The molecule has 0 fully saturated rings. The molecule has 1 unspecified atom stereocenters. The van der Waals surface area contributed by atoms with Gasteiger partial charge in [0.15, 0.2) is 0 Å². The highest BCUT2D eigenvalue weighted by Crippen LogP contribution is 2.23. The second-order valence-electron chi connectivity index (χ2n) is 4.30. The minimum atomic E-state index is -0.557. The number of rotatable bonds is 5. The number of ether oxygens (including phenoxy) is 1. The Morgan fingerprint density at radius 1 is 1.53 bits per heavy atom. The third-order valence-electron chi connectivity index (χ3n) is 2.58. The molecule has 0 bridgehead atoms. The molecule has 0 aliphatic carbocycles. The van der Waals surface area contributed by atoms with E-state index < -0.39 is 5.91 Å². The van der Waals surface area contributed by atoms with Gasteiger partial charge in [0.25, 0.3) is 0 Å². The van der Waals surface area contributed by atoms with Crippen molar-refractivity contribution >= 4 is 17.5 Å². The van der Waals surface area contributed by atoms with Gasteiger partial charge >= 0.3 is 0 Å². The maximum atomic E-state index is 11.0. The summed E-state index contributed by atoms with van der Waals surface area (Å²) in [4.78, 5) is 11.0. The number of hydrogen-bond donors (Lipinski definition) is 2. The number of benzene rings is 1. The number of nitrogens with two attached hydrogens (primary N) is 2. The molecule has 94 valence electrons. The first kappa shape index (κ1) is 13.8. The zero-order valence-corrected chi connectivity index (χ0v) is 10.8. The Balaban J connectivity index is 2.75. The predicted molar refractivity (Wildman–Crippen MR) is 68.3 cm³/mol. The molecular weight excluding hydrogens is 240 g/mol. The van der Waals surface area contributed by atoms with Crippen molar-refractivity contribution in [1.29, 1.82) is 0 Å². The van der Waals surface area contributed by atoms with E-state index in [2.05, 4.69) is 0 Å². The van der Waals surface area contributed by atoms with Crippen LogP contribution in [-0.2, 0) is 0 Å². The van der Waals surface area contributed by atoms with Crippen molar-refractivity contribution < 1.29 is 9.53 Å². The fraction of sp³-hybridized carbons (Fsp3) is 0.417. The lowest BCUT2D eigenvalue weighted by Gasteiger charge is -2.22. The van der Waals surface area contributed by atoms with E-state index in [4.69, 9.17) is 27.8 Å². The highest BCUT2D eigenvalue weighted by molar-refractivity contribution is 6.33. The smallest absolute Gasteiger partial charge is 0.250 e. The minimum absolute atomic E-state index is 0.282. The summed E-state index contributed by atoms with van der Waals surface area (Å²) < 4.78 is 5.52. The van der Waals surface area contributed by atoms with E-state index in [9.17, 15) is 4.79 Å². The molecule has 0 aliphatic heterocycles. The van der Waals surface area contributed by atoms with Gasteiger partial charge in [-0.1, -0.05) is 18.5 Å². The second-order valence-corrected chi connectivity index (χ2v) is 4.71. The Kier molecular flexibility index (Phi) is 4.37. The number of carbonyl (C=O) groups excluding carboxylic acids is 1. The molecule has 1 rings (SSSR count). The lowest BCUT2D eigenvalue weighted by Crippen LogP contribution is -2.41. The summed E-state index contributed by atoms with van der Waals surface area (Å²) in [7, 11) is 0. The van der Waals surface area contributed by atoms with E-state index in [1.165, 1.54) is 0 Å². The third kappa shape index (κ3) is 3.91. The highest BCUT2D eigenvalue weighted by atomic mass is 35.5. The van der Waals surface area contributed by atoms with E-state index in [0.717, 1.165) is 6.42 Å². The molecule has 0 aromatic heterocycles. The number of hydrogen-bond acceptors (Lipinski definition) is 3. The molecule has 0 heterocycles. The van der Waals surface area contributed by atoms with Crippen LogP contribution in [-0.4, -0.2) is 18.1 Å². The van der Waals surface area contributed by atoms with Gasteiger partial charge in [-0.3, -0.25) is 4.79 Å². The quantitative estimate of drug-likeness (QED) is 0.845. The van der Waals surface area contributed by atoms with E-state index in [1.807, 2.05) is 13.8 Å². The molecule has 1 amide bonds. The van der Waals surface area contributed by atoms with Gasteiger partial charge in [-0.25, -0.2) is 0 Å². The molecule has 1 aromatic carbocycles. The van der Waals surface area contributed by atoms with Crippen molar-refractivity contribution in [1.82, 2.24) is 0 Å². The topological polar surface area (TPSA) is 78.3 Å². The second kappa shape index (κ2) is 5.38. The predicted octanol–water partition coefficient (Wildman–Crippen LogP) is 1.95. The SMILES string of the molecule is CCC(C)(N)COc1ccc(C(N)=O)c(Cl)c1. The van der Waals surface area contributed by atoms with Gasteiger partial charge in [0, 0.05) is 5.54 Å². The monoisotopic (exact) mass is 256 g/mol. The van der Waals surface area contributed by atoms with Crippen molar-refractivity contribution in [2.45, 2.75) is 25.8 Å². The Bertz CT molecular complexity index is 419. The van der Waals surface area contributed by atoms with Gasteiger partial charge in [-0.15, -0.1) is 0 Å². The third-order valence-corrected chi connectivity index (χ3v) is 2.89. The molecule has 1 aromatic rings. The fourth-order valence-electron chi connectivity index (χ4n) is 1.14. The van der Waals surface area contributed by atoms with Crippen LogP contribution in [0, 0.1) is 0 Å². The van der Waals surface area contributed by atoms with Crippen LogP contribution in [0.3, 0.4) is 0 Å². The van der Waals surface area contributed by atoms with Gasteiger partial charge in [-0.2, -0.15) is 0 Å².